The molecule has 0 amide bonds. The fourth-order valence-corrected chi connectivity index (χ4v) is 2.36. The summed E-state index contributed by atoms with van der Waals surface area (Å²) in [6.07, 6.45) is 1.28. The Hall–Kier alpha value is -2.62. The molecule has 2 aromatic carbocycles. The molecule has 4 heteroatoms. The summed E-state index contributed by atoms with van der Waals surface area (Å²) in [5.74, 6) is -0.700. The highest BCUT2D eigenvalue weighted by Gasteiger charge is 2.14. The molecule has 0 unspecified atom stereocenters. The van der Waals surface area contributed by atoms with E-state index in [-0.39, 0.29) is 11.9 Å². The summed E-state index contributed by atoms with van der Waals surface area (Å²) in [4.78, 5) is 23.5. The maximum atomic E-state index is 11.8. The Labute approximate surface area is 129 Å². The molecule has 0 radical (unpaired) electrons. The van der Waals surface area contributed by atoms with E-state index in [4.69, 9.17) is 9.47 Å². The van der Waals surface area contributed by atoms with Crippen molar-refractivity contribution < 1.29 is 19.1 Å². The third-order valence-electron chi connectivity index (χ3n) is 3.51. The summed E-state index contributed by atoms with van der Waals surface area (Å²) in [7, 11) is 2.73. The molecule has 0 saturated heterocycles. The Kier molecular flexibility index (Phi) is 5.31. The van der Waals surface area contributed by atoms with Crippen LogP contribution < -0.4 is 0 Å². The van der Waals surface area contributed by atoms with Crippen molar-refractivity contribution >= 4 is 11.9 Å². The molecule has 0 spiro atoms. The van der Waals surface area contributed by atoms with Gasteiger partial charge in [0, 0.05) is 0 Å². The molecule has 0 N–H and O–H groups in total. The van der Waals surface area contributed by atoms with Gasteiger partial charge in [-0.3, -0.25) is 0 Å². The normalized spacial score (nSPS) is 10.1. The van der Waals surface area contributed by atoms with Crippen LogP contribution in [0.15, 0.2) is 48.5 Å². The van der Waals surface area contributed by atoms with Crippen molar-refractivity contribution in [3.63, 3.8) is 0 Å². The second kappa shape index (κ2) is 7.41. The number of benzene rings is 2. The topological polar surface area (TPSA) is 52.6 Å². The molecule has 2 rings (SSSR count). The predicted octanol–water partition coefficient (Wildman–Crippen LogP) is 3.05. The first kappa shape index (κ1) is 15.8. The molecular weight excluding hydrogens is 280 g/mol. The number of carbonyl (C=O) groups excluding carboxylic acids is 2. The van der Waals surface area contributed by atoms with E-state index in [1.54, 1.807) is 24.3 Å². The molecule has 0 bridgehead atoms. The van der Waals surface area contributed by atoms with Gasteiger partial charge in [-0.25, -0.2) is 9.59 Å². The lowest BCUT2D eigenvalue weighted by Crippen LogP contribution is -2.09. The number of methoxy groups -OCH3 is 2. The van der Waals surface area contributed by atoms with Crippen LogP contribution in [0.5, 0.6) is 0 Å². The molecule has 0 fully saturated rings. The van der Waals surface area contributed by atoms with E-state index in [2.05, 4.69) is 0 Å². The first-order chi connectivity index (χ1) is 10.7. The Morgan fingerprint density at radius 2 is 1.09 bits per heavy atom. The minimum atomic E-state index is -0.350. The van der Waals surface area contributed by atoms with Crippen molar-refractivity contribution in [3.8, 4) is 0 Å². The Morgan fingerprint density at radius 3 is 1.45 bits per heavy atom. The zero-order valence-corrected chi connectivity index (χ0v) is 12.7. The summed E-state index contributed by atoms with van der Waals surface area (Å²) in [6.45, 7) is 0. The molecule has 114 valence electrons. The van der Waals surface area contributed by atoms with E-state index >= 15 is 0 Å². The van der Waals surface area contributed by atoms with Gasteiger partial charge in [0.05, 0.1) is 25.3 Å². The van der Waals surface area contributed by atoms with Crippen molar-refractivity contribution in [2.45, 2.75) is 12.8 Å². The summed E-state index contributed by atoms with van der Waals surface area (Å²) in [5.41, 5.74) is 2.91. The zero-order valence-electron chi connectivity index (χ0n) is 12.7. The lowest BCUT2D eigenvalue weighted by atomic mass is 9.97. The molecule has 0 atom stereocenters. The maximum Gasteiger partial charge on any atom is 0.338 e. The first-order valence-electron chi connectivity index (χ1n) is 6.99. The summed E-state index contributed by atoms with van der Waals surface area (Å²) in [6, 6.07) is 14.7. The summed E-state index contributed by atoms with van der Waals surface area (Å²) in [5, 5.41) is 0. The number of rotatable bonds is 5. The number of esters is 2. The third-order valence-corrected chi connectivity index (χ3v) is 3.51. The highest BCUT2D eigenvalue weighted by Crippen LogP contribution is 2.16. The summed E-state index contributed by atoms with van der Waals surface area (Å²) < 4.78 is 9.59. The number of hydrogen-bond acceptors (Lipinski definition) is 4. The number of aryl methyl sites for hydroxylation is 2. The Bertz CT molecular complexity index is 617. The van der Waals surface area contributed by atoms with Crippen LogP contribution in [0, 0.1) is 0 Å². The number of hydrogen-bond donors (Lipinski definition) is 0. The van der Waals surface area contributed by atoms with Crippen molar-refractivity contribution in [2.75, 3.05) is 14.2 Å². The van der Waals surface area contributed by atoms with Gasteiger partial charge >= 0.3 is 11.9 Å². The summed E-state index contributed by atoms with van der Waals surface area (Å²) >= 11 is 0. The average molecular weight is 298 g/mol. The Balaban J connectivity index is 2.21. The van der Waals surface area contributed by atoms with Crippen LogP contribution in [-0.4, -0.2) is 26.2 Å². The van der Waals surface area contributed by atoms with E-state index in [1.165, 1.54) is 14.2 Å². The van der Waals surface area contributed by atoms with Crippen molar-refractivity contribution in [1.29, 1.82) is 0 Å². The SMILES string of the molecule is COC(=O)c1ccccc1CCc1ccccc1C(=O)OC. The van der Waals surface area contributed by atoms with E-state index < -0.39 is 0 Å². The fourth-order valence-electron chi connectivity index (χ4n) is 2.36. The molecular formula is C18H18O4. The third kappa shape index (κ3) is 3.52. The highest BCUT2D eigenvalue weighted by atomic mass is 16.5. The highest BCUT2D eigenvalue weighted by molar-refractivity contribution is 5.91. The van der Waals surface area contributed by atoms with Gasteiger partial charge < -0.3 is 9.47 Å². The average Bonchev–Trinajstić information content (AvgIpc) is 2.59. The largest absolute Gasteiger partial charge is 0.465 e. The molecule has 0 aliphatic carbocycles. The van der Waals surface area contributed by atoms with Gasteiger partial charge in [-0.1, -0.05) is 36.4 Å². The van der Waals surface area contributed by atoms with E-state index in [9.17, 15) is 9.59 Å². The minimum Gasteiger partial charge on any atom is -0.465 e. The lowest BCUT2D eigenvalue weighted by Gasteiger charge is -2.10. The minimum absolute atomic E-state index is 0.350. The van der Waals surface area contributed by atoms with Crippen LogP contribution >= 0.6 is 0 Å². The van der Waals surface area contributed by atoms with Crippen LogP contribution in [0.1, 0.15) is 31.8 Å². The van der Waals surface area contributed by atoms with Crippen LogP contribution in [0.2, 0.25) is 0 Å². The van der Waals surface area contributed by atoms with Gasteiger partial charge in [0.15, 0.2) is 0 Å². The van der Waals surface area contributed by atoms with Gasteiger partial charge in [-0.05, 0) is 36.1 Å². The number of ether oxygens (including phenoxy) is 2. The van der Waals surface area contributed by atoms with E-state index in [1.807, 2.05) is 24.3 Å². The van der Waals surface area contributed by atoms with Crippen molar-refractivity contribution in [2.24, 2.45) is 0 Å². The molecule has 0 heterocycles. The molecule has 2 aromatic rings. The zero-order chi connectivity index (χ0) is 15.9. The number of carbonyl (C=O) groups is 2. The predicted molar refractivity (Wildman–Crippen MR) is 83.0 cm³/mol. The van der Waals surface area contributed by atoms with Gasteiger partial charge in [-0.15, -0.1) is 0 Å². The van der Waals surface area contributed by atoms with Crippen molar-refractivity contribution in [1.82, 2.24) is 0 Å². The lowest BCUT2D eigenvalue weighted by molar-refractivity contribution is 0.0589. The van der Waals surface area contributed by atoms with Gasteiger partial charge in [0.25, 0.3) is 0 Å². The molecule has 0 aromatic heterocycles. The standard InChI is InChI=1S/C18H18O4/c1-21-17(19)15-9-5-3-7-13(15)11-12-14-8-4-6-10-16(14)18(20)22-2/h3-10H,11-12H2,1-2H3. The monoisotopic (exact) mass is 298 g/mol. The molecule has 0 aliphatic heterocycles. The molecule has 22 heavy (non-hydrogen) atoms. The van der Waals surface area contributed by atoms with Gasteiger partial charge in [-0.2, -0.15) is 0 Å². The second-order valence-electron chi connectivity index (χ2n) is 4.80. The second-order valence-corrected chi connectivity index (χ2v) is 4.80. The molecule has 4 nitrogen and oxygen atoms in total. The van der Waals surface area contributed by atoms with Crippen LogP contribution in [0.4, 0.5) is 0 Å². The molecule has 0 saturated carbocycles. The maximum absolute atomic E-state index is 11.8. The van der Waals surface area contributed by atoms with Gasteiger partial charge in [0.2, 0.25) is 0 Å². The van der Waals surface area contributed by atoms with Crippen LogP contribution in [-0.2, 0) is 22.3 Å². The Morgan fingerprint density at radius 1 is 0.727 bits per heavy atom. The van der Waals surface area contributed by atoms with Gasteiger partial charge in [0.1, 0.15) is 0 Å². The quantitative estimate of drug-likeness (QED) is 0.796. The fraction of sp³-hybridized carbons (Fsp3) is 0.222. The van der Waals surface area contributed by atoms with Crippen molar-refractivity contribution in [3.05, 3.63) is 70.8 Å². The van der Waals surface area contributed by atoms with E-state index in [0.29, 0.717) is 24.0 Å². The van der Waals surface area contributed by atoms with E-state index in [0.717, 1.165) is 11.1 Å². The van der Waals surface area contributed by atoms with Crippen LogP contribution in [0.25, 0.3) is 0 Å². The first-order valence-corrected chi connectivity index (χ1v) is 6.99. The molecule has 0 aliphatic rings. The smallest absolute Gasteiger partial charge is 0.338 e. The van der Waals surface area contributed by atoms with Crippen LogP contribution in [0.3, 0.4) is 0 Å².